The second-order valence-corrected chi connectivity index (χ2v) is 2.53. The largest absolute Gasteiger partial charge is 0.399 e. The molecule has 0 atom stereocenters. The fourth-order valence-electron chi connectivity index (χ4n) is 0.788. The highest BCUT2D eigenvalue weighted by Crippen LogP contribution is 2.06. The molecule has 0 bridgehead atoms. The van der Waals surface area contributed by atoms with Gasteiger partial charge in [-0.05, 0) is 17.7 Å². The molecule has 1 aromatic carbocycles. The Labute approximate surface area is 71.5 Å². The molecule has 0 saturated carbocycles. The maximum atomic E-state index is 5.51. The minimum Gasteiger partial charge on any atom is -0.399 e. The Hall–Kier alpha value is -0.950. The average molecular weight is 168 g/mol. The lowest BCUT2D eigenvalue weighted by Gasteiger charge is -1.93. The Morgan fingerprint density at radius 3 is 2.45 bits per heavy atom. The van der Waals surface area contributed by atoms with E-state index in [-0.39, 0.29) is 0 Å². The summed E-state index contributed by atoms with van der Waals surface area (Å²) < 4.78 is 0. The van der Waals surface area contributed by atoms with E-state index in [0.29, 0.717) is 5.88 Å². The first-order chi connectivity index (χ1) is 5.33. The molecule has 58 valence electrons. The first kappa shape index (κ1) is 8.15. The van der Waals surface area contributed by atoms with Crippen molar-refractivity contribution in [1.82, 2.24) is 0 Å². The molecule has 1 aromatic rings. The van der Waals surface area contributed by atoms with Crippen LogP contribution in [0.25, 0.3) is 6.08 Å². The molecule has 11 heavy (non-hydrogen) atoms. The number of anilines is 1. The molecule has 0 aliphatic carbocycles. The third-order valence-corrected chi connectivity index (χ3v) is 1.51. The predicted octanol–water partition coefficient (Wildman–Crippen LogP) is 2.52. The number of hydrogen-bond acceptors (Lipinski definition) is 1. The monoisotopic (exact) mass is 167 g/mol. The van der Waals surface area contributed by atoms with Crippen LogP contribution in [-0.4, -0.2) is 5.88 Å². The van der Waals surface area contributed by atoms with Crippen LogP contribution >= 0.6 is 11.6 Å². The quantitative estimate of drug-likeness (QED) is 0.532. The van der Waals surface area contributed by atoms with E-state index in [1.54, 1.807) is 0 Å². The third-order valence-electron chi connectivity index (χ3n) is 1.34. The molecule has 2 N–H and O–H groups in total. The van der Waals surface area contributed by atoms with Gasteiger partial charge >= 0.3 is 0 Å². The van der Waals surface area contributed by atoms with E-state index < -0.39 is 0 Å². The molecule has 0 saturated heterocycles. The van der Waals surface area contributed by atoms with Crippen molar-refractivity contribution < 1.29 is 0 Å². The van der Waals surface area contributed by atoms with Crippen molar-refractivity contribution in [2.75, 3.05) is 11.6 Å². The number of nitrogen functional groups attached to an aromatic ring is 1. The Balaban J connectivity index is 2.73. The number of allylic oxidation sites excluding steroid dienone is 1. The van der Waals surface area contributed by atoms with Crippen LogP contribution in [0.1, 0.15) is 5.56 Å². The minimum atomic E-state index is 0.546. The van der Waals surface area contributed by atoms with Gasteiger partial charge in [-0.1, -0.05) is 24.3 Å². The SMILES string of the molecule is Nc1ccc(C=CCCl)cc1. The average Bonchev–Trinajstić information content (AvgIpc) is 2.04. The Kier molecular flexibility index (Phi) is 2.99. The first-order valence-corrected chi connectivity index (χ1v) is 3.94. The Morgan fingerprint density at radius 2 is 1.91 bits per heavy atom. The standard InChI is InChI=1S/C9H10ClN/c10-7-1-2-8-3-5-9(11)6-4-8/h1-6H,7,11H2. The number of hydrogen-bond donors (Lipinski definition) is 1. The normalized spacial score (nSPS) is 10.6. The summed E-state index contributed by atoms with van der Waals surface area (Å²) in [5.74, 6) is 0.546. The highest BCUT2D eigenvalue weighted by atomic mass is 35.5. The van der Waals surface area contributed by atoms with Crippen molar-refractivity contribution in [2.24, 2.45) is 0 Å². The van der Waals surface area contributed by atoms with Crippen LogP contribution in [0.3, 0.4) is 0 Å². The van der Waals surface area contributed by atoms with Gasteiger partial charge in [0, 0.05) is 11.6 Å². The fraction of sp³-hybridized carbons (Fsp3) is 0.111. The van der Waals surface area contributed by atoms with E-state index in [0.717, 1.165) is 11.3 Å². The first-order valence-electron chi connectivity index (χ1n) is 3.41. The maximum absolute atomic E-state index is 5.51. The van der Waals surface area contributed by atoms with Gasteiger partial charge in [-0.2, -0.15) is 0 Å². The molecule has 0 amide bonds. The van der Waals surface area contributed by atoms with Crippen LogP contribution < -0.4 is 5.73 Å². The van der Waals surface area contributed by atoms with Gasteiger partial charge in [0.05, 0.1) is 0 Å². The van der Waals surface area contributed by atoms with Gasteiger partial charge in [0.1, 0.15) is 0 Å². The van der Waals surface area contributed by atoms with Gasteiger partial charge in [-0.15, -0.1) is 11.6 Å². The summed E-state index contributed by atoms with van der Waals surface area (Å²) in [6.45, 7) is 0. The van der Waals surface area contributed by atoms with Crippen LogP contribution in [0.15, 0.2) is 30.3 Å². The lowest BCUT2D eigenvalue weighted by molar-refractivity contribution is 1.63. The highest BCUT2D eigenvalue weighted by Gasteiger charge is 1.84. The molecule has 0 heterocycles. The molecule has 0 aromatic heterocycles. The summed E-state index contributed by atoms with van der Waals surface area (Å²) in [6, 6.07) is 7.65. The highest BCUT2D eigenvalue weighted by molar-refractivity contribution is 6.19. The van der Waals surface area contributed by atoms with E-state index in [1.165, 1.54) is 0 Å². The van der Waals surface area contributed by atoms with E-state index in [4.69, 9.17) is 17.3 Å². The van der Waals surface area contributed by atoms with Crippen molar-refractivity contribution in [1.29, 1.82) is 0 Å². The summed E-state index contributed by atoms with van der Waals surface area (Å²) in [5.41, 5.74) is 7.42. The lowest BCUT2D eigenvalue weighted by Crippen LogP contribution is -1.82. The van der Waals surface area contributed by atoms with Crippen molar-refractivity contribution in [2.45, 2.75) is 0 Å². The Morgan fingerprint density at radius 1 is 1.27 bits per heavy atom. The zero-order chi connectivity index (χ0) is 8.10. The summed E-state index contributed by atoms with van der Waals surface area (Å²) >= 11 is 5.47. The zero-order valence-electron chi connectivity index (χ0n) is 6.13. The van der Waals surface area contributed by atoms with E-state index in [1.807, 2.05) is 36.4 Å². The van der Waals surface area contributed by atoms with E-state index >= 15 is 0 Å². The van der Waals surface area contributed by atoms with Crippen LogP contribution in [0.5, 0.6) is 0 Å². The number of rotatable bonds is 2. The third kappa shape index (κ3) is 2.64. The molecular weight excluding hydrogens is 158 g/mol. The number of halogens is 1. The molecule has 0 aliphatic heterocycles. The van der Waals surface area contributed by atoms with Crippen LogP contribution in [0, 0.1) is 0 Å². The van der Waals surface area contributed by atoms with E-state index in [2.05, 4.69) is 0 Å². The van der Waals surface area contributed by atoms with Crippen molar-refractivity contribution in [3.63, 3.8) is 0 Å². The topological polar surface area (TPSA) is 26.0 Å². The molecule has 0 radical (unpaired) electrons. The molecule has 0 aliphatic rings. The van der Waals surface area contributed by atoms with Gasteiger partial charge < -0.3 is 5.73 Å². The van der Waals surface area contributed by atoms with Gasteiger partial charge in [-0.25, -0.2) is 0 Å². The summed E-state index contributed by atoms with van der Waals surface area (Å²) in [6.07, 6.45) is 3.86. The second-order valence-electron chi connectivity index (χ2n) is 2.22. The summed E-state index contributed by atoms with van der Waals surface area (Å²) in [7, 11) is 0. The predicted molar refractivity (Wildman–Crippen MR) is 50.6 cm³/mol. The summed E-state index contributed by atoms with van der Waals surface area (Å²) in [5, 5.41) is 0. The molecule has 1 rings (SSSR count). The molecule has 1 nitrogen and oxygen atoms in total. The second kappa shape index (κ2) is 4.04. The number of alkyl halides is 1. The summed E-state index contributed by atoms with van der Waals surface area (Å²) in [4.78, 5) is 0. The van der Waals surface area contributed by atoms with Crippen LogP contribution in [0.2, 0.25) is 0 Å². The molecule has 0 spiro atoms. The molecule has 2 heteroatoms. The fourth-order valence-corrected chi connectivity index (χ4v) is 0.877. The van der Waals surface area contributed by atoms with Crippen molar-refractivity contribution in [3.05, 3.63) is 35.9 Å². The van der Waals surface area contributed by atoms with Crippen LogP contribution in [0.4, 0.5) is 5.69 Å². The van der Waals surface area contributed by atoms with Gasteiger partial charge in [0.25, 0.3) is 0 Å². The molecule has 0 fully saturated rings. The smallest absolute Gasteiger partial charge is 0.0407 e. The lowest BCUT2D eigenvalue weighted by atomic mass is 10.2. The van der Waals surface area contributed by atoms with E-state index in [9.17, 15) is 0 Å². The van der Waals surface area contributed by atoms with Crippen molar-refractivity contribution >= 4 is 23.4 Å². The van der Waals surface area contributed by atoms with Gasteiger partial charge in [0.2, 0.25) is 0 Å². The molecular formula is C9H10ClN. The Bertz CT molecular complexity index is 238. The number of benzene rings is 1. The van der Waals surface area contributed by atoms with Gasteiger partial charge in [-0.3, -0.25) is 0 Å². The zero-order valence-corrected chi connectivity index (χ0v) is 6.88. The van der Waals surface area contributed by atoms with Gasteiger partial charge in [0.15, 0.2) is 0 Å². The van der Waals surface area contributed by atoms with Crippen molar-refractivity contribution in [3.8, 4) is 0 Å². The maximum Gasteiger partial charge on any atom is 0.0407 e. The minimum absolute atomic E-state index is 0.546. The number of nitrogens with two attached hydrogens (primary N) is 1. The van der Waals surface area contributed by atoms with Crippen LogP contribution in [-0.2, 0) is 0 Å². The molecule has 0 unspecified atom stereocenters.